The van der Waals surface area contributed by atoms with E-state index in [0.717, 1.165) is 5.56 Å². The zero-order valence-electron chi connectivity index (χ0n) is 10.7. The molecule has 1 heterocycles. The van der Waals surface area contributed by atoms with E-state index in [4.69, 9.17) is 11.6 Å². The van der Waals surface area contributed by atoms with E-state index in [2.05, 4.69) is 10.6 Å². The van der Waals surface area contributed by atoms with Crippen LogP contribution in [0.2, 0.25) is 5.02 Å². The van der Waals surface area contributed by atoms with Crippen LogP contribution in [0.15, 0.2) is 18.2 Å². The Morgan fingerprint density at radius 3 is 3.00 bits per heavy atom. The summed E-state index contributed by atoms with van der Waals surface area (Å²) in [5.41, 5.74) is 1.63. The second-order valence-corrected chi connectivity index (χ2v) is 4.98. The molecule has 0 spiro atoms. The highest BCUT2D eigenvalue weighted by Gasteiger charge is 2.18. The summed E-state index contributed by atoms with van der Waals surface area (Å²) in [6.07, 6.45) is 0. The van der Waals surface area contributed by atoms with Crippen molar-refractivity contribution in [1.82, 2.24) is 10.2 Å². The highest BCUT2D eigenvalue weighted by molar-refractivity contribution is 6.31. The van der Waals surface area contributed by atoms with Crippen LogP contribution in [0.5, 0.6) is 0 Å². The van der Waals surface area contributed by atoms with Crippen LogP contribution in [0.3, 0.4) is 0 Å². The SMILES string of the molecule is Cc1ccc(NC(=O)CN2CCNC(=O)C2)cc1Cl. The number of anilines is 1. The second kappa shape index (κ2) is 6.04. The first-order valence-electron chi connectivity index (χ1n) is 6.09. The molecule has 19 heavy (non-hydrogen) atoms. The van der Waals surface area contributed by atoms with Gasteiger partial charge in [0.2, 0.25) is 11.8 Å². The number of carbonyl (C=O) groups excluding carboxylic acids is 2. The summed E-state index contributed by atoms with van der Waals surface area (Å²) < 4.78 is 0. The van der Waals surface area contributed by atoms with Crippen molar-refractivity contribution in [3.8, 4) is 0 Å². The molecule has 0 saturated carbocycles. The monoisotopic (exact) mass is 281 g/mol. The maximum absolute atomic E-state index is 11.9. The molecule has 1 aliphatic heterocycles. The van der Waals surface area contributed by atoms with E-state index < -0.39 is 0 Å². The second-order valence-electron chi connectivity index (χ2n) is 4.57. The molecule has 2 N–H and O–H groups in total. The van der Waals surface area contributed by atoms with Crippen molar-refractivity contribution >= 4 is 29.1 Å². The van der Waals surface area contributed by atoms with E-state index in [-0.39, 0.29) is 24.9 Å². The Kier molecular flexibility index (Phi) is 4.39. The van der Waals surface area contributed by atoms with Crippen LogP contribution >= 0.6 is 11.6 Å². The van der Waals surface area contributed by atoms with Crippen molar-refractivity contribution in [3.63, 3.8) is 0 Å². The summed E-state index contributed by atoms with van der Waals surface area (Å²) in [6.45, 7) is 3.65. The fourth-order valence-electron chi connectivity index (χ4n) is 1.90. The number of carbonyl (C=O) groups is 2. The number of nitrogens with one attached hydrogen (secondary N) is 2. The number of hydrogen-bond acceptors (Lipinski definition) is 3. The third-order valence-corrected chi connectivity index (χ3v) is 3.35. The number of rotatable bonds is 3. The Bertz CT molecular complexity index is 505. The molecule has 0 unspecified atom stereocenters. The third-order valence-electron chi connectivity index (χ3n) is 2.94. The first-order chi connectivity index (χ1) is 9.04. The van der Waals surface area contributed by atoms with Crippen LogP contribution in [-0.2, 0) is 9.59 Å². The summed E-state index contributed by atoms with van der Waals surface area (Å²) in [4.78, 5) is 24.9. The van der Waals surface area contributed by atoms with Crippen molar-refractivity contribution < 1.29 is 9.59 Å². The lowest BCUT2D eigenvalue weighted by atomic mass is 10.2. The van der Waals surface area contributed by atoms with Crippen molar-refractivity contribution in [2.24, 2.45) is 0 Å². The molecule has 102 valence electrons. The van der Waals surface area contributed by atoms with Crippen molar-refractivity contribution in [2.45, 2.75) is 6.92 Å². The molecule has 5 nitrogen and oxygen atoms in total. The molecule has 1 aromatic rings. The van der Waals surface area contributed by atoms with Gasteiger partial charge in [0, 0.05) is 23.8 Å². The summed E-state index contributed by atoms with van der Waals surface area (Å²) in [5, 5.41) is 6.11. The van der Waals surface area contributed by atoms with Gasteiger partial charge in [-0.2, -0.15) is 0 Å². The van der Waals surface area contributed by atoms with Crippen LogP contribution in [0.25, 0.3) is 0 Å². The van der Waals surface area contributed by atoms with E-state index in [0.29, 0.717) is 23.8 Å². The van der Waals surface area contributed by atoms with Gasteiger partial charge in [0.1, 0.15) is 0 Å². The lowest BCUT2D eigenvalue weighted by Crippen LogP contribution is -2.49. The molecule has 0 aliphatic carbocycles. The lowest BCUT2D eigenvalue weighted by molar-refractivity contribution is -0.125. The van der Waals surface area contributed by atoms with E-state index in [9.17, 15) is 9.59 Å². The Labute approximate surface area is 116 Å². The number of benzene rings is 1. The minimum absolute atomic E-state index is 0.0440. The molecule has 6 heteroatoms. The molecule has 1 saturated heterocycles. The number of halogens is 1. The maximum atomic E-state index is 11.9. The van der Waals surface area contributed by atoms with E-state index in [1.165, 1.54) is 0 Å². The van der Waals surface area contributed by atoms with Gasteiger partial charge in [-0.3, -0.25) is 14.5 Å². The highest BCUT2D eigenvalue weighted by Crippen LogP contribution is 2.19. The smallest absolute Gasteiger partial charge is 0.238 e. The topological polar surface area (TPSA) is 61.4 Å². The Balaban J connectivity index is 1.90. The Hall–Kier alpha value is -1.59. The molecular weight excluding hydrogens is 266 g/mol. The Morgan fingerprint density at radius 2 is 2.32 bits per heavy atom. The van der Waals surface area contributed by atoms with Gasteiger partial charge in [0.25, 0.3) is 0 Å². The molecule has 0 bridgehead atoms. The van der Waals surface area contributed by atoms with Crippen LogP contribution in [-0.4, -0.2) is 42.9 Å². The van der Waals surface area contributed by atoms with Crippen LogP contribution in [0.4, 0.5) is 5.69 Å². The van der Waals surface area contributed by atoms with E-state index in [1.54, 1.807) is 6.07 Å². The van der Waals surface area contributed by atoms with Crippen LogP contribution in [0.1, 0.15) is 5.56 Å². The standard InChI is InChI=1S/C13H16ClN3O2/c1-9-2-3-10(6-11(9)14)16-13(19)8-17-5-4-15-12(18)7-17/h2-3,6H,4-5,7-8H2,1H3,(H,15,18)(H,16,19). The molecule has 0 atom stereocenters. The number of amides is 2. The molecule has 1 fully saturated rings. The Morgan fingerprint density at radius 1 is 1.53 bits per heavy atom. The molecule has 2 rings (SSSR count). The van der Waals surface area contributed by atoms with Gasteiger partial charge in [0.05, 0.1) is 13.1 Å². The summed E-state index contributed by atoms with van der Waals surface area (Å²) in [6, 6.07) is 5.38. The van der Waals surface area contributed by atoms with Gasteiger partial charge in [-0.05, 0) is 24.6 Å². The summed E-state index contributed by atoms with van der Waals surface area (Å²) >= 11 is 5.99. The quantitative estimate of drug-likeness (QED) is 0.870. The fraction of sp³-hybridized carbons (Fsp3) is 0.385. The molecule has 1 aliphatic rings. The third kappa shape index (κ3) is 3.94. The van der Waals surface area contributed by atoms with Crippen molar-refractivity contribution in [2.75, 3.05) is 31.5 Å². The van der Waals surface area contributed by atoms with Crippen LogP contribution < -0.4 is 10.6 Å². The number of aryl methyl sites for hydroxylation is 1. The normalized spacial score (nSPS) is 16.0. The van der Waals surface area contributed by atoms with Crippen LogP contribution in [0, 0.1) is 6.92 Å². The van der Waals surface area contributed by atoms with Gasteiger partial charge >= 0.3 is 0 Å². The molecule has 2 amide bonds. The number of nitrogens with zero attached hydrogens (tertiary/aromatic N) is 1. The molecule has 1 aromatic carbocycles. The number of hydrogen-bond donors (Lipinski definition) is 2. The summed E-state index contributed by atoms with van der Waals surface area (Å²) in [7, 11) is 0. The lowest BCUT2D eigenvalue weighted by Gasteiger charge is -2.25. The van der Waals surface area contributed by atoms with Gasteiger partial charge < -0.3 is 10.6 Å². The predicted octanol–water partition coefficient (Wildman–Crippen LogP) is 1.02. The zero-order chi connectivity index (χ0) is 13.8. The maximum Gasteiger partial charge on any atom is 0.238 e. The molecular formula is C13H16ClN3O2. The van der Waals surface area contributed by atoms with Crippen molar-refractivity contribution in [3.05, 3.63) is 28.8 Å². The minimum atomic E-state index is -0.144. The average Bonchev–Trinajstić information content (AvgIpc) is 2.34. The fourth-order valence-corrected chi connectivity index (χ4v) is 2.08. The van der Waals surface area contributed by atoms with Gasteiger partial charge in [-0.25, -0.2) is 0 Å². The molecule has 0 aromatic heterocycles. The van der Waals surface area contributed by atoms with Crippen molar-refractivity contribution in [1.29, 1.82) is 0 Å². The zero-order valence-corrected chi connectivity index (χ0v) is 11.5. The first-order valence-corrected chi connectivity index (χ1v) is 6.47. The van der Waals surface area contributed by atoms with Gasteiger partial charge in [0.15, 0.2) is 0 Å². The highest BCUT2D eigenvalue weighted by atomic mass is 35.5. The molecule has 0 radical (unpaired) electrons. The first kappa shape index (κ1) is 13.8. The predicted molar refractivity (Wildman–Crippen MR) is 74.3 cm³/mol. The summed E-state index contributed by atoms with van der Waals surface area (Å²) in [5.74, 6) is -0.188. The number of piperazine rings is 1. The average molecular weight is 282 g/mol. The van der Waals surface area contributed by atoms with E-state index in [1.807, 2.05) is 24.0 Å². The van der Waals surface area contributed by atoms with Gasteiger partial charge in [-0.15, -0.1) is 0 Å². The van der Waals surface area contributed by atoms with E-state index >= 15 is 0 Å². The minimum Gasteiger partial charge on any atom is -0.354 e. The largest absolute Gasteiger partial charge is 0.354 e. The van der Waals surface area contributed by atoms with Gasteiger partial charge in [-0.1, -0.05) is 17.7 Å².